The highest BCUT2D eigenvalue weighted by atomic mass is 16.6. The number of hydrogen-bond donors (Lipinski definition) is 0. The Kier molecular flexibility index (Phi) is 1.58. The van der Waals surface area contributed by atoms with Crippen molar-refractivity contribution in [1.82, 2.24) is 0 Å². The average Bonchev–Trinajstić information content (AvgIpc) is 2.38. The van der Waals surface area contributed by atoms with E-state index in [1.54, 1.807) is 0 Å². The summed E-state index contributed by atoms with van der Waals surface area (Å²) < 4.78 is 5.25. The summed E-state index contributed by atoms with van der Waals surface area (Å²) in [7, 11) is 0. The van der Waals surface area contributed by atoms with Gasteiger partial charge in [-0.2, -0.15) is 0 Å². The third-order valence-corrected chi connectivity index (χ3v) is 2.01. The van der Waals surface area contributed by atoms with Crippen molar-refractivity contribution in [2.24, 2.45) is 0 Å². The second kappa shape index (κ2) is 2.10. The van der Waals surface area contributed by atoms with Gasteiger partial charge in [0.05, 0.1) is 11.7 Å². The van der Waals surface area contributed by atoms with Gasteiger partial charge in [-0.15, -0.1) is 0 Å². The Bertz CT molecular complexity index is 122. The molecule has 0 bridgehead atoms. The van der Waals surface area contributed by atoms with Gasteiger partial charge in [-0.1, -0.05) is 0 Å². The molecule has 0 radical (unpaired) electrons. The second-order valence-corrected chi connectivity index (χ2v) is 2.78. The Morgan fingerprint density at radius 3 is 2.67 bits per heavy atom. The lowest BCUT2D eigenvalue weighted by atomic mass is 10.0. The number of aldehydes is 1. The molecule has 1 aliphatic rings. The van der Waals surface area contributed by atoms with Crippen molar-refractivity contribution < 1.29 is 9.53 Å². The van der Waals surface area contributed by atoms with Crippen molar-refractivity contribution in [3.63, 3.8) is 0 Å². The van der Waals surface area contributed by atoms with E-state index < -0.39 is 0 Å². The smallest absolute Gasteiger partial charge is 0.120 e. The van der Waals surface area contributed by atoms with Crippen LogP contribution in [-0.4, -0.2) is 18.0 Å². The first-order valence-electron chi connectivity index (χ1n) is 3.30. The summed E-state index contributed by atoms with van der Waals surface area (Å²) in [4.78, 5) is 9.93. The molecule has 52 valence electrons. The number of carbonyl (C=O) groups is 1. The first-order chi connectivity index (χ1) is 4.19. The van der Waals surface area contributed by atoms with E-state index in [0.29, 0.717) is 12.5 Å². The Balaban J connectivity index is 2.20. The van der Waals surface area contributed by atoms with Gasteiger partial charge in [-0.05, 0) is 20.3 Å². The van der Waals surface area contributed by atoms with Crippen LogP contribution in [0.25, 0.3) is 0 Å². The lowest BCUT2D eigenvalue weighted by Crippen LogP contribution is -2.07. The molecule has 0 N–H and O–H groups in total. The Morgan fingerprint density at radius 2 is 2.33 bits per heavy atom. The summed E-state index contributed by atoms with van der Waals surface area (Å²) in [5.74, 6) is 0. The predicted octanol–water partition coefficient (Wildman–Crippen LogP) is 1.14. The average molecular weight is 128 g/mol. The molecule has 2 heteroatoms. The first kappa shape index (κ1) is 6.75. The third kappa shape index (κ3) is 1.30. The van der Waals surface area contributed by atoms with Crippen molar-refractivity contribution in [3.8, 4) is 0 Å². The van der Waals surface area contributed by atoms with Gasteiger partial charge in [0.15, 0.2) is 0 Å². The van der Waals surface area contributed by atoms with Crippen molar-refractivity contribution in [2.75, 3.05) is 0 Å². The lowest BCUT2D eigenvalue weighted by molar-refractivity contribution is -0.108. The maximum absolute atomic E-state index is 9.93. The molecule has 1 fully saturated rings. The van der Waals surface area contributed by atoms with Gasteiger partial charge >= 0.3 is 0 Å². The minimum Gasteiger partial charge on any atom is -0.367 e. The summed E-state index contributed by atoms with van der Waals surface area (Å²) >= 11 is 0. The molecule has 1 rings (SSSR count). The Morgan fingerprint density at radius 1 is 1.78 bits per heavy atom. The van der Waals surface area contributed by atoms with Crippen LogP contribution in [0.1, 0.15) is 26.7 Å². The molecule has 0 aliphatic carbocycles. The van der Waals surface area contributed by atoms with E-state index >= 15 is 0 Å². The van der Waals surface area contributed by atoms with Gasteiger partial charge in [-0.3, -0.25) is 0 Å². The molecule has 1 heterocycles. The molecular weight excluding hydrogens is 116 g/mol. The van der Waals surface area contributed by atoms with Crippen LogP contribution in [0, 0.1) is 0 Å². The Hall–Kier alpha value is -0.370. The molecule has 0 aromatic carbocycles. The zero-order valence-electron chi connectivity index (χ0n) is 5.89. The minimum absolute atomic E-state index is 0.0287. The monoisotopic (exact) mass is 128 g/mol. The molecule has 1 saturated heterocycles. The highest BCUT2D eigenvalue weighted by Crippen LogP contribution is 2.39. The Labute approximate surface area is 55.2 Å². The van der Waals surface area contributed by atoms with E-state index in [4.69, 9.17) is 4.74 Å². The van der Waals surface area contributed by atoms with E-state index in [0.717, 1.165) is 12.7 Å². The van der Waals surface area contributed by atoms with Gasteiger partial charge < -0.3 is 9.53 Å². The summed E-state index contributed by atoms with van der Waals surface area (Å²) in [5.41, 5.74) is 0.0287. The number of carbonyl (C=O) groups excluding carboxylic acids is 1. The van der Waals surface area contributed by atoms with Crippen molar-refractivity contribution >= 4 is 6.29 Å². The molecule has 0 aromatic heterocycles. The number of rotatable bonds is 3. The predicted molar refractivity (Wildman–Crippen MR) is 34.2 cm³/mol. The van der Waals surface area contributed by atoms with Crippen LogP contribution in [0.4, 0.5) is 0 Å². The maximum atomic E-state index is 9.93. The SMILES string of the molecule is CC1OC1(C)CCC=O. The van der Waals surface area contributed by atoms with Crippen LogP contribution in [0.5, 0.6) is 0 Å². The van der Waals surface area contributed by atoms with Crippen molar-refractivity contribution in [2.45, 2.75) is 38.4 Å². The van der Waals surface area contributed by atoms with Crippen LogP contribution in [0.15, 0.2) is 0 Å². The molecule has 0 aromatic rings. The molecule has 2 nitrogen and oxygen atoms in total. The zero-order chi connectivity index (χ0) is 6.91. The molecular formula is C7H12O2. The molecule has 2 atom stereocenters. The van der Waals surface area contributed by atoms with Crippen molar-refractivity contribution in [3.05, 3.63) is 0 Å². The fourth-order valence-electron chi connectivity index (χ4n) is 0.978. The molecule has 0 amide bonds. The summed E-state index contributed by atoms with van der Waals surface area (Å²) in [6, 6.07) is 0. The zero-order valence-corrected chi connectivity index (χ0v) is 5.89. The quantitative estimate of drug-likeness (QED) is 0.421. The fourth-order valence-corrected chi connectivity index (χ4v) is 0.978. The van der Waals surface area contributed by atoms with E-state index in [1.807, 2.05) is 13.8 Å². The van der Waals surface area contributed by atoms with E-state index in [9.17, 15) is 4.79 Å². The standard InChI is InChI=1S/C7H12O2/c1-6-7(2,9-6)4-3-5-8/h5-6H,3-4H2,1-2H3. The van der Waals surface area contributed by atoms with Crippen LogP contribution in [-0.2, 0) is 9.53 Å². The summed E-state index contributed by atoms with van der Waals surface area (Å²) in [6.07, 6.45) is 2.80. The number of epoxide rings is 1. The van der Waals surface area contributed by atoms with Crippen LogP contribution >= 0.6 is 0 Å². The lowest BCUT2D eigenvalue weighted by Gasteiger charge is -1.98. The van der Waals surface area contributed by atoms with Crippen LogP contribution in [0.2, 0.25) is 0 Å². The molecule has 0 spiro atoms. The normalized spacial score (nSPS) is 40.4. The number of ether oxygens (including phenoxy) is 1. The largest absolute Gasteiger partial charge is 0.367 e. The maximum Gasteiger partial charge on any atom is 0.120 e. The van der Waals surface area contributed by atoms with Crippen LogP contribution < -0.4 is 0 Å². The summed E-state index contributed by atoms with van der Waals surface area (Å²) in [5, 5.41) is 0. The van der Waals surface area contributed by atoms with Gasteiger partial charge in [0.2, 0.25) is 0 Å². The van der Waals surface area contributed by atoms with E-state index in [1.165, 1.54) is 0 Å². The highest BCUT2D eigenvalue weighted by molar-refractivity contribution is 5.49. The van der Waals surface area contributed by atoms with Gasteiger partial charge in [0.25, 0.3) is 0 Å². The minimum atomic E-state index is 0.0287. The molecule has 0 saturated carbocycles. The second-order valence-electron chi connectivity index (χ2n) is 2.78. The third-order valence-electron chi connectivity index (χ3n) is 2.01. The fraction of sp³-hybridized carbons (Fsp3) is 0.857. The van der Waals surface area contributed by atoms with Gasteiger partial charge in [0.1, 0.15) is 6.29 Å². The highest BCUT2D eigenvalue weighted by Gasteiger charge is 2.47. The topological polar surface area (TPSA) is 29.6 Å². The van der Waals surface area contributed by atoms with Gasteiger partial charge in [-0.25, -0.2) is 0 Å². The van der Waals surface area contributed by atoms with Crippen molar-refractivity contribution in [1.29, 1.82) is 0 Å². The molecule has 1 aliphatic heterocycles. The molecule has 9 heavy (non-hydrogen) atoms. The van der Waals surface area contributed by atoms with E-state index in [-0.39, 0.29) is 5.60 Å². The van der Waals surface area contributed by atoms with Gasteiger partial charge in [0, 0.05) is 6.42 Å². The summed E-state index contributed by atoms with van der Waals surface area (Å²) in [6.45, 7) is 4.08. The first-order valence-corrected chi connectivity index (χ1v) is 3.30. The molecule has 2 unspecified atom stereocenters. The van der Waals surface area contributed by atoms with Crippen LogP contribution in [0.3, 0.4) is 0 Å². The van der Waals surface area contributed by atoms with E-state index in [2.05, 4.69) is 0 Å². The number of hydrogen-bond acceptors (Lipinski definition) is 2.